The van der Waals surface area contributed by atoms with Crippen molar-refractivity contribution in [1.29, 1.82) is 0 Å². The summed E-state index contributed by atoms with van der Waals surface area (Å²) in [6.45, 7) is 10.3. The van der Waals surface area contributed by atoms with E-state index in [4.69, 9.17) is 25.7 Å². The molecule has 0 aromatic carbocycles. The van der Waals surface area contributed by atoms with Gasteiger partial charge < -0.3 is 25.7 Å². The average Bonchev–Trinajstić information content (AvgIpc) is 3.34. The number of carbonyl (C=O) groups is 3. The number of fused-ring (bicyclic) bond motifs is 5. The van der Waals surface area contributed by atoms with Gasteiger partial charge in [-0.25, -0.2) is 0 Å². The molecule has 252 valence electrons. The van der Waals surface area contributed by atoms with Crippen molar-refractivity contribution in [2.24, 2.45) is 57.8 Å². The molecule has 4 aliphatic carbocycles. The Labute approximate surface area is 266 Å². The number of rotatable bonds is 15. The zero-order valence-corrected chi connectivity index (χ0v) is 28.2. The summed E-state index contributed by atoms with van der Waals surface area (Å²) in [4.78, 5) is 38.6. The second-order valence-corrected chi connectivity index (χ2v) is 15.1. The van der Waals surface area contributed by atoms with Crippen molar-refractivity contribution in [2.45, 2.75) is 143 Å². The van der Waals surface area contributed by atoms with Crippen LogP contribution in [0.4, 0.5) is 0 Å². The Bertz CT molecular complexity index is 974. The summed E-state index contributed by atoms with van der Waals surface area (Å²) in [6.07, 6.45) is 14.2. The van der Waals surface area contributed by atoms with E-state index in [2.05, 4.69) is 27.7 Å². The van der Waals surface area contributed by atoms with E-state index >= 15 is 0 Å². The first kappa shape index (κ1) is 35.2. The minimum absolute atomic E-state index is 0.113. The van der Waals surface area contributed by atoms with Gasteiger partial charge in [-0.2, -0.15) is 0 Å². The van der Waals surface area contributed by atoms with Crippen LogP contribution >= 0.6 is 0 Å². The van der Waals surface area contributed by atoms with Gasteiger partial charge in [-0.05, 0) is 86.4 Å². The lowest BCUT2D eigenvalue weighted by atomic mass is 9.43. The monoisotopic (exact) mass is 618 g/mol. The fourth-order valence-corrected chi connectivity index (χ4v) is 10.4. The highest BCUT2D eigenvalue weighted by molar-refractivity contribution is 5.70. The molecule has 0 aliphatic heterocycles. The molecule has 0 bridgehead atoms. The summed E-state index contributed by atoms with van der Waals surface area (Å²) in [5.74, 6) is 1.37. The van der Waals surface area contributed by atoms with Crippen LogP contribution in [0, 0.1) is 46.3 Å². The molecule has 0 radical (unpaired) electrons. The zero-order chi connectivity index (χ0) is 31.9. The maximum absolute atomic E-state index is 13.1. The third-order valence-electron chi connectivity index (χ3n) is 12.7. The summed E-state index contributed by atoms with van der Waals surface area (Å²) in [6, 6.07) is 0. The number of carbonyl (C=O) groups excluding carboxylic acids is 3. The molecule has 0 amide bonds. The highest BCUT2D eigenvalue weighted by Gasteiger charge is 2.67. The molecule has 4 aliphatic rings. The number of esters is 3. The molecule has 4 fully saturated rings. The predicted octanol–water partition coefficient (Wildman–Crippen LogP) is 6.32. The van der Waals surface area contributed by atoms with Gasteiger partial charge in [0, 0.05) is 30.8 Å². The van der Waals surface area contributed by atoms with Gasteiger partial charge in [0.15, 0.2) is 0 Å². The van der Waals surface area contributed by atoms with Gasteiger partial charge >= 0.3 is 17.9 Å². The Balaban J connectivity index is 1.58. The molecule has 4 saturated carbocycles. The first-order valence-electron chi connectivity index (χ1n) is 18.0. The Morgan fingerprint density at radius 1 is 0.841 bits per heavy atom. The third kappa shape index (κ3) is 7.48. The second kappa shape index (κ2) is 15.8. The van der Waals surface area contributed by atoms with E-state index in [0.29, 0.717) is 37.3 Å². The predicted molar refractivity (Wildman–Crippen MR) is 171 cm³/mol. The fraction of sp³-hybridized carbons (Fsp3) is 0.917. The van der Waals surface area contributed by atoms with Crippen LogP contribution in [-0.4, -0.2) is 49.8 Å². The highest BCUT2D eigenvalue weighted by atomic mass is 16.6. The topological polar surface area (TPSA) is 131 Å². The SMILES string of the molecule is CCCCCCOC(=O)CC[C@@H](C)C1CCC2C3C(C[C@H](OC(=O)CCN)C21C)C1(C)CCCCC1C[C@H]3OC(=O)CCN. The van der Waals surface area contributed by atoms with Gasteiger partial charge in [0.1, 0.15) is 12.2 Å². The van der Waals surface area contributed by atoms with Crippen LogP contribution in [0.25, 0.3) is 0 Å². The minimum atomic E-state index is -0.273. The zero-order valence-electron chi connectivity index (χ0n) is 28.2. The highest BCUT2D eigenvalue weighted by Crippen LogP contribution is 2.69. The van der Waals surface area contributed by atoms with Crippen LogP contribution in [0.15, 0.2) is 0 Å². The molecule has 0 saturated heterocycles. The van der Waals surface area contributed by atoms with Crippen LogP contribution in [0.1, 0.15) is 130 Å². The summed E-state index contributed by atoms with van der Waals surface area (Å²) < 4.78 is 18.3. The summed E-state index contributed by atoms with van der Waals surface area (Å²) in [5, 5.41) is 0. The maximum Gasteiger partial charge on any atom is 0.307 e. The van der Waals surface area contributed by atoms with Gasteiger partial charge in [-0.3, -0.25) is 14.4 Å². The molecule has 10 atom stereocenters. The average molecular weight is 619 g/mol. The molecule has 0 spiro atoms. The lowest BCUT2D eigenvalue weighted by Gasteiger charge is -2.63. The summed E-state index contributed by atoms with van der Waals surface area (Å²) >= 11 is 0. The maximum atomic E-state index is 13.1. The molecule has 8 heteroatoms. The van der Waals surface area contributed by atoms with Crippen molar-refractivity contribution in [3.05, 3.63) is 0 Å². The van der Waals surface area contributed by atoms with Crippen molar-refractivity contribution < 1.29 is 28.6 Å². The Kier molecular flexibility index (Phi) is 12.6. The third-order valence-corrected chi connectivity index (χ3v) is 12.7. The van der Waals surface area contributed by atoms with Crippen molar-refractivity contribution >= 4 is 17.9 Å². The van der Waals surface area contributed by atoms with Gasteiger partial charge in [0.2, 0.25) is 0 Å². The van der Waals surface area contributed by atoms with Gasteiger partial charge in [-0.15, -0.1) is 0 Å². The molecule has 7 unspecified atom stereocenters. The van der Waals surface area contributed by atoms with Crippen molar-refractivity contribution in [2.75, 3.05) is 19.7 Å². The molecular weight excluding hydrogens is 556 g/mol. The lowest BCUT2D eigenvalue weighted by Crippen LogP contribution is -2.63. The van der Waals surface area contributed by atoms with E-state index in [1.807, 2.05) is 0 Å². The van der Waals surface area contributed by atoms with E-state index in [0.717, 1.165) is 51.4 Å². The van der Waals surface area contributed by atoms with Crippen LogP contribution in [0.5, 0.6) is 0 Å². The van der Waals surface area contributed by atoms with E-state index in [9.17, 15) is 14.4 Å². The van der Waals surface area contributed by atoms with E-state index < -0.39 is 0 Å². The quantitative estimate of drug-likeness (QED) is 0.124. The molecule has 4 rings (SSSR count). The van der Waals surface area contributed by atoms with Crippen molar-refractivity contribution in [3.63, 3.8) is 0 Å². The molecular formula is C36H62N2O6. The smallest absolute Gasteiger partial charge is 0.307 e. The molecule has 44 heavy (non-hydrogen) atoms. The number of hydrogen-bond acceptors (Lipinski definition) is 8. The first-order chi connectivity index (χ1) is 21.1. The normalized spacial score (nSPS) is 36.8. The van der Waals surface area contributed by atoms with Gasteiger partial charge in [0.05, 0.1) is 19.4 Å². The molecule has 0 aromatic rings. The van der Waals surface area contributed by atoms with E-state index in [1.54, 1.807) is 0 Å². The van der Waals surface area contributed by atoms with Crippen LogP contribution in [-0.2, 0) is 28.6 Å². The van der Waals surface area contributed by atoms with Crippen molar-refractivity contribution in [3.8, 4) is 0 Å². The largest absolute Gasteiger partial charge is 0.466 e. The Morgan fingerprint density at radius 2 is 1.57 bits per heavy atom. The standard InChI is InChI=1S/C36H62N2O6/c1-5-6-7-10-21-42-31(39)15-12-24(2)26-13-14-27-34-28(23-30(36(26,27)4)44-33(41)17-20-38)35(3)18-9-8-11-25(35)22-29(34)43-32(40)16-19-37/h24-30,34H,5-23,37-38H2,1-4H3/t24-,25?,26?,27?,28?,29-,30+,34?,35?,36?/m1/s1. The second-order valence-electron chi connectivity index (χ2n) is 15.1. The Morgan fingerprint density at radius 3 is 2.27 bits per heavy atom. The molecule has 0 aromatic heterocycles. The van der Waals surface area contributed by atoms with Gasteiger partial charge in [-0.1, -0.05) is 59.8 Å². The van der Waals surface area contributed by atoms with Crippen LogP contribution in [0.3, 0.4) is 0 Å². The van der Waals surface area contributed by atoms with Crippen LogP contribution < -0.4 is 11.5 Å². The molecule has 0 heterocycles. The minimum Gasteiger partial charge on any atom is -0.466 e. The summed E-state index contributed by atoms with van der Waals surface area (Å²) in [5.41, 5.74) is 11.4. The Hall–Kier alpha value is -1.67. The van der Waals surface area contributed by atoms with Crippen LogP contribution in [0.2, 0.25) is 0 Å². The molecule has 8 nitrogen and oxygen atoms in total. The number of ether oxygens (including phenoxy) is 3. The first-order valence-corrected chi connectivity index (χ1v) is 18.0. The van der Waals surface area contributed by atoms with E-state index in [1.165, 1.54) is 32.1 Å². The van der Waals surface area contributed by atoms with E-state index in [-0.39, 0.29) is 78.1 Å². The van der Waals surface area contributed by atoms with Crippen molar-refractivity contribution in [1.82, 2.24) is 0 Å². The van der Waals surface area contributed by atoms with Gasteiger partial charge in [0.25, 0.3) is 0 Å². The number of hydrogen-bond donors (Lipinski definition) is 2. The number of nitrogens with two attached hydrogens (primary N) is 2. The molecule has 4 N–H and O–H groups in total. The fourth-order valence-electron chi connectivity index (χ4n) is 10.4. The lowest BCUT2D eigenvalue weighted by molar-refractivity contribution is -0.221. The number of unbranched alkanes of at least 4 members (excludes halogenated alkanes) is 3. The summed E-state index contributed by atoms with van der Waals surface area (Å²) in [7, 11) is 0.